The predicted molar refractivity (Wildman–Crippen MR) is 112 cm³/mol. The van der Waals surface area contributed by atoms with Crippen molar-refractivity contribution >= 4 is 56.5 Å². The molecule has 1 atom stereocenters. The number of anilines is 2. The van der Waals surface area contributed by atoms with Crippen LogP contribution in [-0.4, -0.2) is 39.2 Å². The zero-order valence-corrected chi connectivity index (χ0v) is 17.9. The lowest BCUT2D eigenvalue weighted by atomic mass is 10.1. The average molecular weight is 457 g/mol. The summed E-state index contributed by atoms with van der Waals surface area (Å²) in [5.74, 6) is -1.26. The summed E-state index contributed by atoms with van der Waals surface area (Å²) >= 11 is 11.9. The molecule has 1 amide bonds. The van der Waals surface area contributed by atoms with Crippen LogP contribution in [0.2, 0.25) is 10.0 Å². The van der Waals surface area contributed by atoms with Gasteiger partial charge in [-0.1, -0.05) is 29.3 Å². The van der Waals surface area contributed by atoms with Crippen molar-refractivity contribution in [2.24, 2.45) is 0 Å². The Morgan fingerprint density at radius 2 is 1.97 bits per heavy atom. The topological polar surface area (TPSA) is 92.8 Å². The van der Waals surface area contributed by atoms with E-state index in [0.717, 1.165) is 11.8 Å². The molecule has 1 aliphatic rings. The summed E-state index contributed by atoms with van der Waals surface area (Å²) < 4.78 is 30.3. The lowest BCUT2D eigenvalue weighted by molar-refractivity contribution is -0.119. The van der Waals surface area contributed by atoms with Gasteiger partial charge in [-0.05, 0) is 49.2 Å². The first-order valence-corrected chi connectivity index (χ1v) is 11.2. The maximum atomic E-state index is 12.3. The van der Waals surface area contributed by atoms with Gasteiger partial charge in [0.15, 0.2) is 6.61 Å². The number of carbonyl (C=O) groups is 2. The van der Waals surface area contributed by atoms with Crippen molar-refractivity contribution in [1.82, 2.24) is 0 Å². The monoisotopic (exact) mass is 456 g/mol. The number of hydrogen-bond donors (Lipinski definition) is 1. The number of hydrogen-bond acceptors (Lipinski definition) is 5. The van der Waals surface area contributed by atoms with Gasteiger partial charge in [0, 0.05) is 6.04 Å². The second-order valence-corrected chi connectivity index (χ2v) is 9.33. The van der Waals surface area contributed by atoms with E-state index in [2.05, 4.69) is 5.32 Å². The highest BCUT2D eigenvalue weighted by atomic mass is 35.5. The van der Waals surface area contributed by atoms with Crippen LogP contribution in [0.1, 0.15) is 22.8 Å². The summed E-state index contributed by atoms with van der Waals surface area (Å²) in [5.41, 5.74) is 1.82. The largest absolute Gasteiger partial charge is 0.452 e. The molecular formula is C19H18Cl2N2O5S. The number of amides is 1. The molecule has 0 fully saturated rings. The van der Waals surface area contributed by atoms with Crippen molar-refractivity contribution < 1.29 is 22.7 Å². The van der Waals surface area contributed by atoms with E-state index in [4.69, 9.17) is 27.9 Å². The third kappa shape index (κ3) is 4.66. The molecule has 0 saturated carbocycles. The van der Waals surface area contributed by atoms with Gasteiger partial charge in [0.25, 0.3) is 5.91 Å². The lowest BCUT2D eigenvalue weighted by Gasteiger charge is -2.21. The van der Waals surface area contributed by atoms with Gasteiger partial charge in [0.1, 0.15) is 0 Å². The molecule has 0 spiro atoms. The van der Waals surface area contributed by atoms with E-state index in [0.29, 0.717) is 17.8 Å². The average Bonchev–Trinajstić information content (AvgIpc) is 2.98. The minimum absolute atomic E-state index is 0.192. The standard InChI is InChI=1S/C19H18Cl2N2O5S/c1-11-8-13-9-12(6-7-16(13)23(11)29(2,26)27)19(25)28-10-17(24)22-15-5-3-4-14(20)18(15)21/h3-7,9,11H,8,10H2,1-2H3,(H,22,24). The third-order valence-electron chi connectivity index (χ3n) is 4.39. The molecule has 2 aromatic carbocycles. The Bertz CT molecular complexity index is 1090. The van der Waals surface area contributed by atoms with E-state index in [-0.39, 0.29) is 21.7 Å². The van der Waals surface area contributed by atoms with E-state index in [1.165, 1.54) is 10.4 Å². The Morgan fingerprint density at radius 3 is 2.66 bits per heavy atom. The van der Waals surface area contributed by atoms with E-state index >= 15 is 0 Å². The SMILES string of the molecule is CC1Cc2cc(C(=O)OCC(=O)Nc3cccc(Cl)c3Cl)ccc2N1S(C)(=O)=O. The molecule has 1 unspecified atom stereocenters. The molecule has 1 aliphatic heterocycles. The van der Waals surface area contributed by atoms with E-state index < -0.39 is 28.5 Å². The highest BCUT2D eigenvalue weighted by Gasteiger charge is 2.33. The molecule has 10 heteroatoms. The molecule has 1 N–H and O–H groups in total. The Morgan fingerprint density at radius 1 is 1.24 bits per heavy atom. The summed E-state index contributed by atoms with van der Waals surface area (Å²) in [6.07, 6.45) is 1.63. The van der Waals surface area contributed by atoms with Gasteiger partial charge in [-0.3, -0.25) is 9.10 Å². The minimum Gasteiger partial charge on any atom is -0.452 e. The fourth-order valence-electron chi connectivity index (χ4n) is 3.24. The zero-order valence-electron chi connectivity index (χ0n) is 15.6. The number of nitrogens with zero attached hydrogens (tertiary/aromatic N) is 1. The number of ether oxygens (including phenoxy) is 1. The van der Waals surface area contributed by atoms with Gasteiger partial charge in [-0.2, -0.15) is 0 Å². The quantitative estimate of drug-likeness (QED) is 0.694. The van der Waals surface area contributed by atoms with Crippen LogP contribution >= 0.6 is 23.2 Å². The first-order valence-electron chi connectivity index (χ1n) is 8.61. The summed E-state index contributed by atoms with van der Waals surface area (Å²) in [5, 5.41) is 3.00. The number of sulfonamides is 1. The number of fused-ring (bicyclic) bond motifs is 1. The Balaban J connectivity index is 1.66. The zero-order chi connectivity index (χ0) is 21.3. The molecule has 0 aliphatic carbocycles. The van der Waals surface area contributed by atoms with Gasteiger partial charge in [0.2, 0.25) is 10.0 Å². The van der Waals surface area contributed by atoms with Crippen LogP contribution in [0.25, 0.3) is 0 Å². The van der Waals surface area contributed by atoms with Crippen LogP contribution in [0.5, 0.6) is 0 Å². The fourth-order valence-corrected chi connectivity index (χ4v) is 4.85. The van der Waals surface area contributed by atoms with Crippen molar-refractivity contribution in [1.29, 1.82) is 0 Å². The number of esters is 1. The fraction of sp³-hybridized carbons (Fsp3) is 0.263. The van der Waals surface area contributed by atoms with Crippen LogP contribution in [0.3, 0.4) is 0 Å². The molecule has 1 heterocycles. The number of carbonyl (C=O) groups excluding carboxylic acids is 2. The van der Waals surface area contributed by atoms with Crippen LogP contribution in [0.4, 0.5) is 11.4 Å². The second-order valence-electron chi connectivity index (χ2n) is 6.68. The highest BCUT2D eigenvalue weighted by molar-refractivity contribution is 7.92. The molecule has 0 saturated heterocycles. The summed E-state index contributed by atoms with van der Waals surface area (Å²) in [6, 6.07) is 9.18. The maximum Gasteiger partial charge on any atom is 0.338 e. The van der Waals surface area contributed by atoms with Crippen LogP contribution < -0.4 is 9.62 Å². The van der Waals surface area contributed by atoms with Gasteiger partial charge in [-0.15, -0.1) is 0 Å². The molecule has 2 aromatic rings. The van der Waals surface area contributed by atoms with Gasteiger partial charge >= 0.3 is 5.97 Å². The smallest absolute Gasteiger partial charge is 0.338 e. The Labute approximate surface area is 178 Å². The van der Waals surface area contributed by atoms with E-state index in [1.54, 1.807) is 37.3 Å². The summed E-state index contributed by atoms with van der Waals surface area (Å²) in [6.45, 7) is 1.29. The minimum atomic E-state index is -3.41. The van der Waals surface area contributed by atoms with Gasteiger partial charge in [-0.25, -0.2) is 13.2 Å². The highest BCUT2D eigenvalue weighted by Crippen LogP contribution is 2.35. The van der Waals surface area contributed by atoms with Gasteiger partial charge < -0.3 is 10.1 Å². The summed E-state index contributed by atoms with van der Waals surface area (Å²) in [7, 11) is -3.41. The predicted octanol–water partition coefficient (Wildman–Crippen LogP) is 3.50. The third-order valence-corrected chi connectivity index (χ3v) is 6.48. The number of nitrogens with one attached hydrogen (secondary N) is 1. The molecule has 29 heavy (non-hydrogen) atoms. The molecule has 0 bridgehead atoms. The second kappa shape index (κ2) is 8.22. The molecule has 0 aromatic heterocycles. The summed E-state index contributed by atoms with van der Waals surface area (Å²) in [4.78, 5) is 24.3. The lowest BCUT2D eigenvalue weighted by Crippen LogP contribution is -2.34. The molecule has 3 rings (SSSR count). The van der Waals surface area contributed by atoms with E-state index in [9.17, 15) is 18.0 Å². The Kier molecular flexibility index (Phi) is 6.07. The van der Waals surface area contributed by atoms with Crippen molar-refractivity contribution in [2.45, 2.75) is 19.4 Å². The molecule has 7 nitrogen and oxygen atoms in total. The first-order chi connectivity index (χ1) is 13.6. The maximum absolute atomic E-state index is 12.3. The number of benzene rings is 2. The first kappa shape index (κ1) is 21.4. The normalized spacial score (nSPS) is 15.7. The van der Waals surface area contributed by atoms with Crippen LogP contribution in [0.15, 0.2) is 36.4 Å². The molecule has 0 radical (unpaired) electrons. The van der Waals surface area contributed by atoms with Crippen molar-refractivity contribution in [3.05, 3.63) is 57.6 Å². The van der Waals surface area contributed by atoms with Crippen molar-refractivity contribution in [3.63, 3.8) is 0 Å². The molecular weight excluding hydrogens is 439 g/mol. The number of halogens is 2. The van der Waals surface area contributed by atoms with E-state index in [1.807, 2.05) is 0 Å². The van der Waals surface area contributed by atoms with Crippen molar-refractivity contribution in [3.8, 4) is 0 Å². The van der Waals surface area contributed by atoms with Crippen molar-refractivity contribution in [2.75, 3.05) is 22.5 Å². The molecule has 154 valence electrons. The Hall–Kier alpha value is -2.29. The number of rotatable bonds is 5. The van der Waals surface area contributed by atoms with Crippen LogP contribution in [0, 0.1) is 0 Å². The van der Waals surface area contributed by atoms with Crippen LogP contribution in [-0.2, 0) is 26.0 Å². The van der Waals surface area contributed by atoms with Gasteiger partial charge in [0.05, 0.1) is 33.2 Å².